The molecule has 10 heteroatoms. The first kappa shape index (κ1) is 23.5. The number of likely N-dealkylation sites (tertiary alicyclic amines) is 1. The second-order valence-corrected chi connectivity index (χ2v) is 9.52. The van der Waals surface area contributed by atoms with E-state index < -0.39 is 0 Å². The molecule has 3 aromatic heterocycles. The molecule has 0 unspecified atom stereocenters. The molecule has 0 radical (unpaired) electrons. The fourth-order valence-corrected chi connectivity index (χ4v) is 5.04. The molecule has 1 saturated heterocycles. The fraction of sp³-hybridized carbons (Fsp3) is 0.560. The first-order valence-corrected chi connectivity index (χ1v) is 12.8. The molecule has 186 valence electrons. The smallest absolute Gasteiger partial charge is 0.325 e. The second-order valence-electron chi connectivity index (χ2n) is 9.52. The van der Waals surface area contributed by atoms with Crippen molar-refractivity contribution in [3.05, 3.63) is 40.6 Å². The van der Waals surface area contributed by atoms with Crippen molar-refractivity contribution >= 4 is 22.1 Å². The standard InChI is InChI=1S/C25H34N8O2/c1-3-17(4-2)16-32-11-9-19(10-12-32)33-23(29-30-31-33)6-5-13-35-20-7-8-21-18(14-20)15-22-24(26-21)28-25(34)27-22/h7-8,14-15,17,19H,3-6,9-13,16H2,1-2H3,(H2,26,27,28,34). The molecule has 4 aromatic rings. The van der Waals surface area contributed by atoms with Gasteiger partial charge >= 0.3 is 5.69 Å². The second kappa shape index (κ2) is 10.6. The van der Waals surface area contributed by atoms with Gasteiger partial charge in [-0.05, 0) is 59.9 Å². The zero-order valence-corrected chi connectivity index (χ0v) is 20.5. The van der Waals surface area contributed by atoms with Crippen molar-refractivity contribution in [1.29, 1.82) is 0 Å². The normalized spacial score (nSPS) is 15.5. The molecule has 1 aromatic carbocycles. The van der Waals surface area contributed by atoms with Gasteiger partial charge in [0.05, 0.1) is 23.7 Å². The van der Waals surface area contributed by atoms with Crippen LogP contribution in [0.25, 0.3) is 22.1 Å². The van der Waals surface area contributed by atoms with E-state index in [-0.39, 0.29) is 5.69 Å². The van der Waals surface area contributed by atoms with Gasteiger partial charge in [0.2, 0.25) is 0 Å². The lowest BCUT2D eigenvalue weighted by Crippen LogP contribution is -2.38. The Morgan fingerprint density at radius 2 is 1.97 bits per heavy atom. The predicted molar refractivity (Wildman–Crippen MR) is 135 cm³/mol. The highest BCUT2D eigenvalue weighted by Gasteiger charge is 2.24. The van der Waals surface area contributed by atoms with Crippen LogP contribution >= 0.6 is 0 Å². The third-order valence-corrected chi connectivity index (χ3v) is 7.21. The van der Waals surface area contributed by atoms with E-state index in [4.69, 9.17) is 4.74 Å². The van der Waals surface area contributed by atoms with Crippen LogP contribution in [-0.4, -0.2) is 66.3 Å². The molecule has 2 N–H and O–H groups in total. The van der Waals surface area contributed by atoms with Gasteiger partial charge in [-0.3, -0.25) is 4.98 Å². The number of fused-ring (bicyclic) bond motifs is 2. The Bertz CT molecular complexity index is 1310. The Morgan fingerprint density at radius 3 is 2.77 bits per heavy atom. The van der Waals surface area contributed by atoms with Gasteiger partial charge < -0.3 is 14.6 Å². The number of pyridine rings is 1. The van der Waals surface area contributed by atoms with E-state index >= 15 is 0 Å². The van der Waals surface area contributed by atoms with Crippen LogP contribution in [0.15, 0.2) is 29.1 Å². The molecule has 1 fully saturated rings. The number of imidazole rings is 1. The van der Waals surface area contributed by atoms with Crippen molar-refractivity contribution < 1.29 is 4.74 Å². The number of aromatic amines is 2. The summed E-state index contributed by atoms with van der Waals surface area (Å²) in [5, 5.41) is 13.5. The number of nitrogens with zero attached hydrogens (tertiary/aromatic N) is 6. The SMILES string of the molecule is CCC(CC)CN1CCC(n2nnnc2CCCOc2ccc3nc4[nH]c(=O)[nH]c4cc3c2)CC1. The van der Waals surface area contributed by atoms with E-state index in [0.717, 1.165) is 67.2 Å². The van der Waals surface area contributed by atoms with Crippen LogP contribution < -0.4 is 10.4 Å². The molecule has 5 rings (SSSR count). The Labute approximate surface area is 204 Å². The van der Waals surface area contributed by atoms with Gasteiger partial charge in [0.25, 0.3) is 0 Å². The van der Waals surface area contributed by atoms with E-state index in [1.165, 1.54) is 19.4 Å². The molecule has 4 heterocycles. The number of aryl methyl sites for hydroxylation is 1. The summed E-state index contributed by atoms with van der Waals surface area (Å²) < 4.78 is 8.04. The van der Waals surface area contributed by atoms with Crippen molar-refractivity contribution in [1.82, 2.24) is 40.1 Å². The third-order valence-electron chi connectivity index (χ3n) is 7.21. The van der Waals surface area contributed by atoms with Crippen LogP contribution in [0.2, 0.25) is 0 Å². The maximum atomic E-state index is 11.5. The molecule has 0 aliphatic carbocycles. The first-order valence-electron chi connectivity index (χ1n) is 12.8. The van der Waals surface area contributed by atoms with Crippen LogP contribution in [0.3, 0.4) is 0 Å². The van der Waals surface area contributed by atoms with Crippen molar-refractivity contribution in [3.8, 4) is 5.75 Å². The number of aromatic nitrogens is 7. The summed E-state index contributed by atoms with van der Waals surface area (Å²) in [6, 6.07) is 8.05. The monoisotopic (exact) mass is 478 g/mol. The number of ether oxygens (including phenoxy) is 1. The number of hydrogen-bond donors (Lipinski definition) is 2. The summed E-state index contributed by atoms with van der Waals surface area (Å²) in [7, 11) is 0. The Hall–Kier alpha value is -3.27. The zero-order valence-electron chi connectivity index (χ0n) is 20.5. The average Bonchev–Trinajstić information content (AvgIpc) is 3.49. The molecule has 0 atom stereocenters. The number of H-pyrrole nitrogens is 2. The van der Waals surface area contributed by atoms with E-state index in [0.29, 0.717) is 23.8 Å². The highest BCUT2D eigenvalue weighted by molar-refractivity contribution is 5.89. The Morgan fingerprint density at radius 1 is 1.14 bits per heavy atom. The minimum atomic E-state index is -0.256. The molecule has 0 bridgehead atoms. The van der Waals surface area contributed by atoms with Crippen LogP contribution in [0.4, 0.5) is 0 Å². The molecular weight excluding hydrogens is 444 g/mol. The summed E-state index contributed by atoms with van der Waals surface area (Å²) in [6.45, 7) is 8.59. The lowest BCUT2D eigenvalue weighted by molar-refractivity contribution is 0.152. The van der Waals surface area contributed by atoms with Gasteiger partial charge in [-0.15, -0.1) is 5.10 Å². The van der Waals surface area contributed by atoms with Crippen molar-refractivity contribution in [2.24, 2.45) is 5.92 Å². The predicted octanol–water partition coefficient (Wildman–Crippen LogP) is 3.48. The largest absolute Gasteiger partial charge is 0.494 e. The van der Waals surface area contributed by atoms with Crippen LogP contribution in [0.1, 0.15) is 57.8 Å². The number of piperidine rings is 1. The molecule has 35 heavy (non-hydrogen) atoms. The van der Waals surface area contributed by atoms with Crippen LogP contribution in [-0.2, 0) is 6.42 Å². The maximum absolute atomic E-state index is 11.5. The van der Waals surface area contributed by atoms with Gasteiger partial charge in [0, 0.05) is 31.4 Å². The van der Waals surface area contributed by atoms with Gasteiger partial charge in [0.1, 0.15) is 5.75 Å². The minimum absolute atomic E-state index is 0.256. The lowest BCUT2D eigenvalue weighted by atomic mass is 9.99. The van der Waals surface area contributed by atoms with E-state index in [2.05, 4.69) is 49.2 Å². The van der Waals surface area contributed by atoms with E-state index in [1.54, 1.807) is 0 Å². The number of nitrogens with one attached hydrogen (secondary N) is 2. The van der Waals surface area contributed by atoms with Crippen LogP contribution in [0.5, 0.6) is 5.75 Å². The topological polar surface area (TPSA) is 118 Å². The lowest BCUT2D eigenvalue weighted by Gasteiger charge is -2.34. The molecule has 0 spiro atoms. The Balaban J connectivity index is 1.13. The van der Waals surface area contributed by atoms with Crippen molar-refractivity contribution in [2.75, 3.05) is 26.2 Å². The van der Waals surface area contributed by atoms with Gasteiger partial charge in [-0.1, -0.05) is 26.7 Å². The van der Waals surface area contributed by atoms with Crippen LogP contribution in [0, 0.1) is 5.92 Å². The number of tetrazole rings is 1. The van der Waals surface area contributed by atoms with Gasteiger partial charge in [0.15, 0.2) is 11.5 Å². The molecule has 0 saturated carbocycles. The highest BCUT2D eigenvalue weighted by Crippen LogP contribution is 2.25. The molecule has 0 amide bonds. The van der Waals surface area contributed by atoms with Gasteiger partial charge in [-0.2, -0.15) is 0 Å². The fourth-order valence-electron chi connectivity index (χ4n) is 5.04. The summed E-state index contributed by atoms with van der Waals surface area (Å²) in [6.07, 6.45) is 6.31. The van der Waals surface area contributed by atoms with Gasteiger partial charge in [-0.25, -0.2) is 14.5 Å². The maximum Gasteiger partial charge on any atom is 0.325 e. The van der Waals surface area contributed by atoms with Crippen molar-refractivity contribution in [3.63, 3.8) is 0 Å². The number of rotatable bonds is 10. The number of hydrogen-bond acceptors (Lipinski definition) is 7. The first-order chi connectivity index (χ1) is 17.1. The van der Waals surface area contributed by atoms with E-state index in [1.807, 2.05) is 28.9 Å². The summed E-state index contributed by atoms with van der Waals surface area (Å²) in [4.78, 5) is 24.0. The highest BCUT2D eigenvalue weighted by atomic mass is 16.5. The molecule has 1 aliphatic heterocycles. The Kier molecular flexibility index (Phi) is 7.08. The summed E-state index contributed by atoms with van der Waals surface area (Å²) >= 11 is 0. The molecular formula is C25H34N8O2. The summed E-state index contributed by atoms with van der Waals surface area (Å²) in [5.74, 6) is 2.52. The third kappa shape index (κ3) is 5.37. The molecule has 10 nitrogen and oxygen atoms in total. The average molecular weight is 479 g/mol. The minimum Gasteiger partial charge on any atom is -0.494 e. The molecule has 1 aliphatic rings. The summed E-state index contributed by atoms with van der Waals surface area (Å²) in [5.41, 5.74) is 1.80. The van der Waals surface area contributed by atoms with Crippen molar-refractivity contribution in [2.45, 2.75) is 58.4 Å². The number of benzene rings is 1. The quantitative estimate of drug-likeness (QED) is 0.335. The van der Waals surface area contributed by atoms with E-state index in [9.17, 15) is 4.79 Å². The zero-order chi connectivity index (χ0) is 24.2.